The van der Waals surface area contributed by atoms with E-state index in [-0.39, 0.29) is 0 Å². The third-order valence-electron chi connectivity index (χ3n) is 9.03. The number of hydrogen-bond acceptors (Lipinski definition) is 0. The second-order valence-electron chi connectivity index (χ2n) is 11.8. The standard InChI is InChI=1S/C46H37NS2/c1-8-22-38(23-9-1)47-45(48(39-24-10-2-11-25-39,40-26-12-3-13-27-40)41-28-14-4-15-29-41)36-37-46(47)49(42-30-16-5-17-31-42,43-32-18-6-19-33-43)44-34-20-7-21-35-44/h1-37H. The number of para-hydroxylation sites is 1. The fourth-order valence-corrected chi connectivity index (χ4v) is 15.0. The van der Waals surface area contributed by atoms with Crippen molar-refractivity contribution in [1.82, 2.24) is 4.57 Å². The van der Waals surface area contributed by atoms with Crippen LogP contribution in [0.2, 0.25) is 0 Å². The molecular formula is C46H37NS2. The number of benzene rings is 7. The lowest BCUT2D eigenvalue weighted by Gasteiger charge is -2.45. The third-order valence-corrected chi connectivity index (χ3v) is 16.8. The molecule has 0 fully saturated rings. The van der Waals surface area contributed by atoms with Crippen LogP contribution in [0.25, 0.3) is 5.69 Å². The molecule has 0 aliphatic carbocycles. The molecule has 0 saturated carbocycles. The van der Waals surface area contributed by atoms with E-state index in [1.807, 2.05) is 0 Å². The Balaban J connectivity index is 1.59. The Kier molecular flexibility index (Phi) is 8.53. The zero-order chi connectivity index (χ0) is 32.9. The highest BCUT2D eigenvalue weighted by atomic mass is 32.3. The minimum absolute atomic E-state index is 1.15. The molecule has 8 aromatic rings. The predicted octanol–water partition coefficient (Wildman–Crippen LogP) is 13.2. The van der Waals surface area contributed by atoms with Gasteiger partial charge in [0.15, 0.2) is 0 Å². The molecule has 0 aliphatic heterocycles. The normalized spacial score (nSPS) is 12.3. The van der Waals surface area contributed by atoms with E-state index in [1.54, 1.807) is 0 Å². The fourth-order valence-electron chi connectivity index (χ4n) is 7.00. The van der Waals surface area contributed by atoms with Crippen molar-refractivity contribution >= 4 is 20.1 Å². The van der Waals surface area contributed by atoms with E-state index in [0.717, 1.165) is 5.69 Å². The summed E-state index contributed by atoms with van der Waals surface area (Å²) in [6, 6.07) is 82.7. The highest BCUT2D eigenvalue weighted by Crippen LogP contribution is 2.78. The van der Waals surface area contributed by atoms with Crippen LogP contribution in [0.4, 0.5) is 0 Å². The van der Waals surface area contributed by atoms with Gasteiger partial charge in [-0.25, -0.2) is 0 Å². The highest BCUT2D eigenvalue weighted by molar-refractivity contribution is 8.34. The molecule has 1 heterocycles. The Morgan fingerprint density at radius 3 is 0.653 bits per heavy atom. The summed E-state index contributed by atoms with van der Waals surface area (Å²) in [5.41, 5.74) is 1.15. The van der Waals surface area contributed by atoms with Crippen LogP contribution in [0, 0.1) is 0 Å². The van der Waals surface area contributed by atoms with E-state index in [9.17, 15) is 0 Å². The van der Waals surface area contributed by atoms with E-state index < -0.39 is 20.1 Å². The van der Waals surface area contributed by atoms with Crippen LogP contribution in [-0.4, -0.2) is 4.57 Å². The monoisotopic (exact) mass is 667 g/mol. The van der Waals surface area contributed by atoms with Gasteiger partial charge in [-0.2, -0.15) is 0 Å². The Bertz CT molecular complexity index is 1900. The van der Waals surface area contributed by atoms with E-state index in [2.05, 4.69) is 229 Å². The van der Waals surface area contributed by atoms with Crippen molar-refractivity contribution in [2.24, 2.45) is 0 Å². The zero-order valence-electron chi connectivity index (χ0n) is 27.1. The van der Waals surface area contributed by atoms with Crippen LogP contribution in [0.1, 0.15) is 0 Å². The van der Waals surface area contributed by atoms with Crippen LogP contribution in [-0.2, 0) is 0 Å². The van der Waals surface area contributed by atoms with Gasteiger partial charge in [-0.05, 0) is 97.1 Å². The van der Waals surface area contributed by atoms with Crippen LogP contribution < -0.4 is 0 Å². The minimum Gasteiger partial charge on any atom is -0.300 e. The summed E-state index contributed by atoms with van der Waals surface area (Å²) in [5.74, 6) is 0. The van der Waals surface area contributed by atoms with Crippen molar-refractivity contribution in [1.29, 1.82) is 0 Å². The lowest BCUT2D eigenvalue weighted by molar-refractivity contribution is 0.842. The molecule has 8 rings (SSSR count). The molecule has 0 spiro atoms. The maximum atomic E-state index is 2.62. The van der Waals surface area contributed by atoms with Crippen molar-refractivity contribution in [2.75, 3.05) is 0 Å². The van der Waals surface area contributed by atoms with Gasteiger partial charge in [0.1, 0.15) is 0 Å². The van der Waals surface area contributed by atoms with E-state index in [4.69, 9.17) is 0 Å². The summed E-state index contributed by atoms with van der Waals surface area (Å²) in [6.45, 7) is 0. The summed E-state index contributed by atoms with van der Waals surface area (Å²) in [5, 5.41) is 2.55. The van der Waals surface area contributed by atoms with Crippen molar-refractivity contribution in [3.8, 4) is 5.69 Å². The minimum atomic E-state index is -2.00. The lowest BCUT2D eigenvalue weighted by atomic mass is 10.3. The fraction of sp³-hybridized carbons (Fsp3) is 0. The summed E-state index contributed by atoms with van der Waals surface area (Å²) in [4.78, 5) is 7.80. The third kappa shape index (κ3) is 5.23. The molecule has 7 aromatic carbocycles. The van der Waals surface area contributed by atoms with Gasteiger partial charge in [0.25, 0.3) is 0 Å². The van der Waals surface area contributed by atoms with Gasteiger partial charge in [-0.3, -0.25) is 0 Å². The smallest absolute Gasteiger partial charge is 0.0754 e. The molecule has 238 valence electrons. The van der Waals surface area contributed by atoms with Gasteiger partial charge in [-0.15, -0.1) is 20.1 Å². The molecule has 1 nitrogen and oxygen atoms in total. The summed E-state index contributed by atoms with van der Waals surface area (Å²) >= 11 is 0. The van der Waals surface area contributed by atoms with E-state index in [0.29, 0.717) is 0 Å². The first-order valence-electron chi connectivity index (χ1n) is 16.6. The molecule has 1 aromatic heterocycles. The van der Waals surface area contributed by atoms with Crippen molar-refractivity contribution in [3.05, 3.63) is 224 Å². The van der Waals surface area contributed by atoms with Crippen LogP contribution in [0.3, 0.4) is 0 Å². The Morgan fingerprint density at radius 2 is 0.429 bits per heavy atom. The molecule has 0 amide bonds. The van der Waals surface area contributed by atoms with Crippen LogP contribution in [0.5, 0.6) is 0 Å². The van der Waals surface area contributed by atoms with E-state index >= 15 is 0 Å². The van der Waals surface area contributed by atoms with Gasteiger partial charge in [-0.1, -0.05) is 127 Å². The molecule has 0 atom stereocenters. The molecular weight excluding hydrogens is 631 g/mol. The molecule has 3 heteroatoms. The number of aromatic nitrogens is 1. The topological polar surface area (TPSA) is 4.93 Å². The summed E-state index contributed by atoms with van der Waals surface area (Å²) in [7, 11) is -4.00. The molecule has 49 heavy (non-hydrogen) atoms. The summed E-state index contributed by atoms with van der Waals surface area (Å²) < 4.78 is 2.62. The number of hydrogen-bond donors (Lipinski definition) is 0. The Labute approximate surface area is 292 Å². The second-order valence-corrected chi connectivity index (χ2v) is 17.9. The van der Waals surface area contributed by atoms with Gasteiger partial charge in [0, 0.05) is 35.1 Å². The Morgan fingerprint density at radius 1 is 0.224 bits per heavy atom. The van der Waals surface area contributed by atoms with Crippen LogP contribution >= 0.6 is 20.1 Å². The van der Waals surface area contributed by atoms with Gasteiger partial charge in [0.05, 0.1) is 10.1 Å². The first-order valence-corrected chi connectivity index (χ1v) is 19.9. The van der Waals surface area contributed by atoms with Crippen molar-refractivity contribution in [3.63, 3.8) is 0 Å². The molecule has 0 aliphatic rings. The molecule has 0 saturated heterocycles. The van der Waals surface area contributed by atoms with Gasteiger partial charge >= 0.3 is 0 Å². The molecule has 0 unspecified atom stereocenters. The number of nitrogens with zero attached hydrogens (tertiary/aromatic N) is 1. The quantitative estimate of drug-likeness (QED) is 0.144. The van der Waals surface area contributed by atoms with E-state index in [1.165, 1.54) is 39.4 Å². The number of rotatable bonds is 9. The molecule has 0 N–H and O–H groups in total. The highest BCUT2D eigenvalue weighted by Gasteiger charge is 2.41. The first-order chi connectivity index (χ1) is 24.3. The second kappa shape index (κ2) is 13.6. The molecule has 0 bridgehead atoms. The predicted molar refractivity (Wildman–Crippen MR) is 206 cm³/mol. The van der Waals surface area contributed by atoms with Crippen molar-refractivity contribution < 1.29 is 0 Å². The Hall–Kier alpha value is -5.48. The van der Waals surface area contributed by atoms with Crippen LogP contribution in [0.15, 0.2) is 264 Å². The maximum Gasteiger partial charge on any atom is 0.0754 e. The average molecular weight is 668 g/mol. The largest absolute Gasteiger partial charge is 0.300 e. The first kappa shape index (κ1) is 30.8. The van der Waals surface area contributed by atoms with Gasteiger partial charge < -0.3 is 4.57 Å². The van der Waals surface area contributed by atoms with Crippen molar-refractivity contribution in [2.45, 2.75) is 39.4 Å². The lowest BCUT2D eigenvalue weighted by Crippen LogP contribution is -2.14. The SMILES string of the molecule is c1ccc(-n2c(S(c3ccccc3)(c3ccccc3)c3ccccc3)ccc2S(c2ccccc2)(c2ccccc2)c2ccccc2)cc1. The maximum absolute atomic E-state index is 2.62. The summed E-state index contributed by atoms with van der Waals surface area (Å²) in [6.07, 6.45) is 0. The van der Waals surface area contributed by atoms with Gasteiger partial charge in [0.2, 0.25) is 0 Å². The molecule has 0 radical (unpaired) electrons. The zero-order valence-corrected chi connectivity index (χ0v) is 28.8. The average Bonchev–Trinajstić information content (AvgIpc) is 3.64.